The average Bonchev–Trinajstić information content (AvgIpc) is 3.36. The van der Waals surface area contributed by atoms with E-state index in [9.17, 15) is 14.7 Å². The van der Waals surface area contributed by atoms with Crippen LogP contribution in [0, 0.1) is 19.8 Å². The Labute approximate surface area is 175 Å². The molecule has 0 bridgehead atoms. The van der Waals surface area contributed by atoms with Gasteiger partial charge in [-0.1, -0.05) is 13.0 Å². The number of amides is 1. The molecule has 3 heterocycles. The maximum atomic E-state index is 12.5. The van der Waals surface area contributed by atoms with Gasteiger partial charge in [-0.05, 0) is 43.1 Å². The topological polar surface area (TPSA) is 81.0 Å². The number of ether oxygens (including phenoxy) is 1. The van der Waals surface area contributed by atoms with E-state index in [1.165, 1.54) is 17.8 Å². The molecule has 2 aromatic rings. The zero-order valence-corrected chi connectivity index (χ0v) is 17.4. The largest absolute Gasteiger partial charge is 0.563 e. The van der Waals surface area contributed by atoms with Crippen molar-refractivity contribution in [3.05, 3.63) is 51.4 Å². The first-order chi connectivity index (χ1) is 14.3. The molecule has 1 saturated carbocycles. The Morgan fingerprint density at radius 1 is 1.30 bits per heavy atom. The van der Waals surface area contributed by atoms with Crippen LogP contribution in [0.15, 0.2) is 29.2 Å². The molecule has 2 aliphatic heterocycles. The van der Waals surface area contributed by atoms with Crippen LogP contribution in [0.4, 0.5) is 0 Å². The summed E-state index contributed by atoms with van der Waals surface area (Å²) in [7, 11) is 0.787. The zero-order valence-electron chi connectivity index (χ0n) is 17.4. The number of aromatic nitrogens is 1. The van der Waals surface area contributed by atoms with Gasteiger partial charge in [-0.15, -0.1) is 0 Å². The van der Waals surface area contributed by atoms with Crippen molar-refractivity contribution in [2.75, 3.05) is 13.1 Å². The molecule has 1 aliphatic carbocycles. The summed E-state index contributed by atoms with van der Waals surface area (Å²) in [5.74, 6) is 3.37. The number of benzene rings is 1. The van der Waals surface area contributed by atoms with Gasteiger partial charge in [-0.3, -0.25) is 9.59 Å². The molecule has 1 amide bonds. The van der Waals surface area contributed by atoms with Crippen LogP contribution in [-0.2, 0) is 11.3 Å². The monoisotopic (exact) mass is 408 g/mol. The standard InChI is InChI=1S/C22H25BN2O5/c1-11-17(5-4-15-19-12(2)20(19)23-30-22(11)15)29-14-8-25(9-14)18(27)10-24-7-6-16(26)21(28)13(24)3/h4-7,12,14,19-20,23,28H,8-10H2,1-3H3. The lowest BCUT2D eigenvalue weighted by atomic mass is 9.84. The fourth-order valence-electron chi connectivity index (χ4n) is 4.75. The maximum Gasteiger partial charge on any atom is 0.344 e. The molecule has 3 atom stereocenters. The molecule has 1 aromatic carbocycles. The van der Waals surface area contributed by atoms with Gasteiger partial charge in [-0.2, -0.15) is 0 Å². The number of carbonyl (C=O) groups excluding carboxylic acids is 1. The zero-order chi connectivity index (χ0) is 21.2. The van der Waals surface area contributed by atoms with E-state index in [0.717, 1.165) is 24.5 Å². The number of likely N-dealkylation sites (tertiary alicyclic amines) is 1. The molecule has 7 nitrogen and oxygen atoms in total. The number of hydrogen-bond donors (Lipinski definition) is 1. The van der Waals surface area contributed by atoms with Crippen LogP contribution < -0.4 is 14.8 Å². The second-order valence-corrected chi connectivity index (χ2v) is 8.75. The van der Waals surface area contributed by atoms with Crippen molar-refractivity contribution in [1.82, 2.24) is 9.47 Å². The van der Waals surface area contributed by atoms with E-state index < -0.39 is 5.43 Å². The molecule has 1 N–H and O–H groups in total. The first-order valence-corrected chi connectivity index (χ1v) is 10.4. The number of hydrogen-bond acceptors (Lipinski definition) is 5. The third-order valence-electron chi connectivity index (χ3n) is 6.94. The first kappa shape index (κ1) is 19.1. The third-order valence-corrected chi connectivity index (χ3v) is 6.94. The highest BCUT2D eigenvalue weighted by molar-refractivity contribution is 6.34. The summed E-state index contributed by atoms with van der Waals surface area (Å²) in [6.07, 6.45) is 1.48. The summed E-state index contributed by atoms with van der Waals surface area (Å²) < 4.78 is 13.8. The number of aromatic hydroxyl groups is 1. The minimum absolute atomic E-state index is 0.0506. The van der Waals surface area contributed by atoms with E-state index in [4.69, 9.17) is 9.39 Å². The van der Waals surface area contributed by atoms with Crippen LogP contribution >= 0.6 is 0 Å². The molecule has 2 fully saturated rings. The molecule has 156 valence electrons. The highest BCUT2D eigenvalue weighted by Gasteiger charge is 2.53. The number of rotatable bonds is 4. The van der Waals surface area contributed by atoms with Gasteiger partial charge in [0.25, 0.3) is 0 Å². The lowest BCUT2D eigenvalue weighted by Crippen LogP contribution is -2.57. The van der Waals surface area contributed by atoms with Crippen molar-refractivity contribution in [1.29, 1.82) is 0 Å². The third kappa shape index (κ3) is 2.97. The van der Waals surface area contributed by atoms with E-state index in [-0.39, 0.29) is 24.3 Å². The quantitative estimate of drug-likeness (QED) is 0.780. The summed E-state index contributed by atoms with van der Waals surface area (Å²) in [4.78, 5) is 25.7. The molecule has 30 heavy (non-hydrogen) atoms. The van der Waals surface area contributed by atoms with Crippen LogP contribution in [0.2, 0.25) is 5.82 Å². The van der Waals surface area contributed by atoms with Crippen molar-refractivity contribution >= 4 is 13.4 Å². The Morgan fingerprint density at radius 3 is 2.83 bits per heavy atom. The second-order valence-electron chi connectivity index (χ2n) is 8.75. The van der Waals surface area contributed by atoms with Crippen molar-refractivity contribution in [2.24, 2.45) is 5.92 Å². The average molecular weight is 408 g/mol. The summed E-state index contributed by atoms with van der Waals surface area (Å²) >= 11 is 0. The smallest absolute Gasteiger partial charge is 0.344 e. The fraction of sp³-hybridized carbons (Fsp3) is 0.455. The summed E-state index contributed by atoms with van der Waals surface area (Å²) in [5.41, 5.74) is 2.29. The van der Waals surface area contributed by atoms with Crippen LogP contribution in [0.25, 0.3) is 0 Å². The Kier molecular flexibility index (Phi) is 4.34. The Bertz CT molecular complexity index is 1090. The van der Waals surface area contributed by atoms with E-state index in [1.807, 2.05) is 13.0 Å². The number of pyridine rings is 1. The summed E-state index contributed by atoms with van der Waals surface area (Å²) in [6.45, 7) is 7.06. The molecule has 3 unspecified atom stereocenters. The SMILES string of the molecule is Cc1c(OC2CN(C(=O)Cn3ccc(=O)c(O)c3C)C2)ccc2c1OBC1C(C)C21. The van der Waals surface area contributed by atoms with Crippen LogP contribution in [0.3, 0.4) is 0 Å². The van der Waals surface area contributed by atoms with Gasteiger partial charge < -0.3 is 24.0 Å². The lowest BCUT2D eigenvalue weighted by Gasteiger charge is -2.39. The van der Waals surface area contributed by atoms with Gasteiger partial charge in [-0.25, -0.2) is 0 Å². The van der Waals surface area contributed by atoms with Crippen molar-refractivity contribution in [2.45, 2.75) is 45.2 Å². The maximum absolute atomic E-state index is 12.5. The molecule has 0 spiro atoms. The molecule has 1 aromatic heterocycles. The van der Waals surface area contributed by atoms with Crippen molar-refractivity contribution in [3.63, 3.8) is 0 Å². The summed E-state index contributed by atoms with van der Waals surface area (Å²) in [5, 5.41) is 9.77. The second kappa shape index (κ2) is 6.82. The highest BCUT2D eigenvalue weighted by Crippen LogP contribution is 2.63. The van der Waals surface area contributed by atoms with Gasteiger partial charge in [0.15, 0.2) is 5.75 Å². The normalized spacial score (nSPS) is 24.1. The number of carbonyl (C=O) groups is 1. The Balaban J connectivity index is 1.20. The summed E-state index contributed by atoms with van der Waals surface area (Å²) in [6, 6.07) is 5.43. The van der Waals surface area contributed by atoms with Crippen molar-refractivity contribution in [3.8, 4) is 17.2 Å². The van der Waals surface area contributed by atoms with Gasteiger partial charge in [0.05, 0.1) is 18.8 Å². The van der Waals surface area contributed by atoms with Gasteiger partial charge in [0, 0.05) is 17.8 Å². The van der Waals surface area contributed by atoms with E-state index >= 15 is 0 Å². The van der Waals surface area contributed by atoms with Crippen molar-refractivity contribution < 1.29 is 19.3 Å². The first-order valence-electron chi connectivity index (χ1n) is 10.4. The molecular weight excluding hydrogens is 383 g/mol. The molecule has 3 aliphatic rings. The predicted molar refractivity (Wildman–Crippen MR) is 113 cm³/mol. The van der Waals surface area contributed by atoms with Gasteiger partial charge >= 0.3 is 7.48 Å². The molecule has 8 heteroatoms. The van der Waals surface area contributed by atoms with Crippen LogP contribution in [0.5, 0.6) is 17.2 Å². The molecular formula is C22H25BN2O5. The van der Waals surface area contributed by atoms with Crippen LogP contribution in [0.1, 0.15) is 29.7 Å². The van der Waals surface area contributed by atoms with Crippen LogP contribution in [-0.4, -0.2) is 47.2 Å². The molecule has 0 radical (unpaired) electrons. The predicted octanol–water partition coefficient (Wildman–Crippen LogP) is 1.73. The van der Waals surface area contributed by atoms with Gasteiger partial charge in [0.2, 0.25) is 11.3 Å². The van der Waals surface area contributed by atoms with E-state index in [1.54, 1.807) is 16.4 Å². The minimum atomic E-state index is -0.440. The van der Waals surface area contributed by atoms with Gasteiger partial charge in [0.1, 0.15) is 24.1 Å². The molecule has 5 rings (SSSR count). The number of nitrogens with zero attached hydrogens (tertiary/aromatic N) is 2. The fourth-order valence-corrected chi connectivity index (χ4v) is 4.75. The van der Waals surface area contributed by atoms with E-state index in [0.29, 0.717) is 36.4 Å². The lowest BCUT2D eigenvalue weighted by molar-refractivity contribution is -0.140. The Morgan fingerprint density at radius 2 is 2.07 bits per heavy atom. The molecule has 1 saturated heterocycles. The Hall–Kier alpha value is -2.90. The highest BCUT2D eigenvalue weighted by atomic mass is 16.5. The number of fused-ring (bicyclic) bond motifs is 3. The van der Waals surface area contributed by atoms with E-state index in [2.05, 4.69) is 13.0 Å². The minimum Gasteiger partial charge on any atom is -0.563 e.